The molecule has 0 bridgehead atoms. The largest absolute Gasteiger partial charge is 2.00 e. The molecule has 0 aliphatic rings. The summed E-state index contributed by atoms with van der Waals surface area (Å²) in [5.74, 6) is 0. The second kappa shape index (κ2) is 16.1. The number of hydrogen-bond donors (Lipinski definition) is 0. The van der Waals surface area contributed by atoms with Gasteiger partial charge in [0, 0.05) is 26.2 Å². The van der Waals surface area contributed by atoms with Crippen molar-refractivity contribution >= 4 is 73.9 Å². The Kier molecular flexibility index (Phi) is 12.8. The van der Waals surface area contributed by atoms with Crippen LogP contribution in [0.3, 0.4) is 0 Å². The van der Waals surface area contributed by atoms with Crippen LogP contribution in [0.15, 0.2) is 170 Å². The molecule has 6 rings (SSSR count). The summed E-state index contributed by atoms with van der Waals surface area (Å²) < 4.78 is 0. The molecule has 0 amide bonds. The Balaban J connectivity index is 0.000000515. The van der Waals surface area contributed by atoms with E-state index < -0.39 is 15.8 Å². The smallest absolute Gasteiger partial charge is 0.214 e. The van der Waals surface area contributed by atoms with Crippen molar-refractivity contribution in [3.05, 3.63) is 170 Å². The van der Waals surface area contributed by atoms with E-state index in [9.17, 15) is 0 Å². The second-order valence-electron chi connectivity index (χ2n) is 8.27. The summed E-state index contributed by atoms with van der Waals surface area (Å²) in [4.78, 5) is 0. The summed E-state index contributed by atoms with van der Waals surface area (Å²) in [6.45, 7) is 0. The van der Waals surface area contributed by atoms with Crippen LogP contribution < -0.4 is 31.8 Å². The summed E-state index contributed by atoms with van der Waals surface area (Å²) in [6, 6.07) is 60.9. The van der Waals surface area contributed by atoms with E-state index in [4.69, 9.17) is 0 Å². The van der Waals surface area contributed by atoms with Gasteiger partial charge < -0.3 is 0 Å². The van der Waals surface area contributed by atoms with Crippen molar-refractivity contribution in [1.82, 2.24) is 0 Å². The van der Waals surface area contributed by atoms with Gasteiger partial charge in [0.1, 0.15) is 0 Å². The normalized spacial score (nSPS) is 10.2. The molecule has 38 heavy (non-hydrogen) atoms. The molecule has 0 fully saturated rings. The first-order chi connectivity index (χ1) is 17.9. The van der Waals surface area contributed by atoms with Crippen molar-refractivity contribution in [1.29, 1.82) is 0 Å². The minimum atomic E-state index is -0.627. The Morgan fingerprint density at radius 1 is 0.447 bits per heavy atom. The second-order valence-corrected chi connectivity index (χ2v) is 12.6. The molecule has 0 atom stereocenters. The molecule has 0 aliphatic heterocycles. The Bertz CT molecular complexity index is 1220. The van der Waals surface area contributed by atoms with E-state index in [0.29, 0.717) is 0 Å². The van der Waals surface area contributed by atoms with Gasteiger partial charge in [-0.05, 0) is 29.1 Å². The van der Waals surface area contributed by atoms with E-state index >= 15 is 0 Å². The molecule has 0 nitrogen and oxygen atoms in total. The molecule has 6 aromatic rings. The zero-order chi connectivity index (χ0) is 24.4. The predicted molar refractivity (Wildman–Crippen MR) is 167 cm³/mol. The van der Waals surface area contributed by atoms with Gasteiger partial charge >= 0.3 is 17.1 Å². The topological polar surface area (TPSA) is 0 Å². The number of rotatable bonds is 6. The van der Waals surface area contributed by atoms with Crippen LogP contribution in [-0.4, -0.2) is 26.2 Å². The molecule has 6 aromatic carbocycles. The van der Waals surface area contributed by atoms with E-state index in [1.54, 1.807) is 0 Å². The van der Waals surface area contributed by atoms with Gasteiger partial charge in [-0.1, -0.05) is 129 Å². The van der Waals surface area contributed by atoms with Gasteiger partial charge in [-0.3, -0.25) is 0 Å². The third kappa shape index (κ3) is 7.70. The fourth-order valence-corrected chi connectivity index (χ4v) is 9.53. The first-order valence-corrected chi connectivity index (χ1v) is 14.8. The Morgan fingerprint density at radius 2 is 0.842 bits per heavy atom. The molecule has 0 heterocycles. The van der Waals surface area contributed by atoms with Crippen molar-refractivity contribution in [2.45, 2.75) is 0 Å². The zero-order valence-corrected chi connectivity index (χ0v) is 27.2. The van der Waals surface area contributed by atoms with Crippen LogP contribution in [-0.2, 0) is 17.1 Å². The first kappa shape index (κ1) is 30.4. The number of hydrogen-bond acceptors (Lipinski definition) is 0. The average molecular weight is 763 g/mol. The van der Waals surface area contributed by atoms with Crippen molar-refractivity contribution < 1.29 is 17.1 Å². The van der Waals surface area contributed by atoms with Gasteiger partial charge in [-0.2, -0.15) is 24.3 Å². The van der Waals surface area contributed by atoms with Crippen LogP contribution in [0.1, 0.15) is 0 Å². The first-order valence-electron chi connectivity index (χ1n) is 12.1. The van der Waals surface area contributed by atoms with Crippen LogP contribution in [0.5, 0.6) is 0 Å². The van der Waals surface area contributed by atoms with Crippen LogP contribution in [0, 0.1) is 0 Å². The molecule has 187 valence electrons. The summed E-state index contributed by atoms with van der Waals surface area (Å²) in [7, 11) is -1.25. The van der Waals surface area contributed by atoms with E-state index in [2.05, 4.69) is 140 Å². The van der Waals surface area contributed by atoms with Crippen LogP contribution in [0.2, 0.25) is 0 Å². The maximum absolute atomic E-state index is 2.35. The molecule has 0 N–H and O–H groups in total. The standard InChI is InChI=1S/C29H23P2.C5H5.Bi.Fe/c1-5-14-24(15-6-1)30(25-16-7-2-8-17-25)28-22-13-23-29(28)31(26-18-9-3-10-19-26)27-20-11-4-12-21-27;1-2-4-5-3-1;;/h1-23H;1-5H;;/q2*-1;;+2. The SMILES string of the molecule is [Bi].[Fe+2].c1cc[cH-]c1.c1ccc(P(c2ccccc2)c2ccc[c-]2P(c2ccccc2)c2ccccc2)cc1. The zero-order valence-electron chi connectivity index (χ0n) is 20.9. The van der Waals surface area contributed by atoms with E-state index in [1.807, 2.05) is 30.3 Å². The van der Waals surface area contributed by atoms with Gasteiger partial charge in [0.15, 0.2) is 0 Å². The minimum absolute atomic E-state index is 0. The molecular weight excluding hydrogens is 735 g/mol. The molecule has 3 radical (unpaired) electrons. The Labute approximate surface area is 259 Å². The monoisotopic (exact) mass is 763 g/mol. The van der Waals surface area contributed by atoms with Gasteiger partial charge in [0.25, 0.3) is 0 Å². The maximum Gasteiger partial charge on any atom is 2.00 e. The van der Waals surface area contributed by atoms with E-state index in [1.165, 1.54) is 31.8 Å². The van der Waals surface area contributed by atoms with Gasteiger partial charge in [0.05, 0.1) is 0 Å². The van der Waals surface area contributed by atoms with Crippen molar-refractivity contribution in [2.75, 3.05) is 0 Å². The molecule has 0 spiro atoms. The summed E-state index contributed by atoms with van der Waals surface area (Å²) >= 11 is 0. The quantitative estimate of drug-likeness (QED) is 0.112. The number of benzene rings is 4. The van der Waals surface area contributed by atoms with Gasteiger partial charge in [0.2, 0.25) is 0 Å². The molecule has 0 aromatic heterocycles. The average Bonchev–Trinajstić information content (AvgIpc) is 3.68. The van der Waals surface area contributed by atoms with Crippen LogP contribution >= 0.6 is 15.8 Å². The third-order valence-electron chi connectivity index (χ3n) is 5.87. The van der Waals surface area contributed by atoms with Crippen LogP contribution in [0.25, 0.3) is 0 Å². The Morgan fingerprint density at radius 3 is 1.21 bits per heavy atom. The predicted octanol–water partition coefficient (Wildman–Crippen LogP) is 5.94. The van der Waals surface area contributed by atoms with E-state index in [0.717, 1.165) is 0 Å². The third-order valence-corrected chi connectivity index (χ3v) is 11.0. The molecule has 0 saturated carbocycles. The summed E-state index contributed by atoms with van der Waals surface area (Å²) in [6.07, 6.45) is 0. The van der Waals surface area contributed by atoms with Crippen molar-refractivity contribution in [3.63, 3.8) is 0 Å². The Hall–Kier alpha value is -2.16. The molecule has 0 unspecified atom stereocenters. The maximum atomic E-state index is 2.35. The fraction of sp³-hybridized carbons (Fsp3) is 0. The van der Waals surface area contributed by atoms with Gasteiger partial charge in [-0.15, -0.1) is 10.6 Å². The summed E-state index contributed by atoms with van der Waals surface area (Å²) in [5.41, 5.74) is 0. The minimum Gasteiger partial charge on any atom is -0.214 e. The van der Waals surface area contributed by atoms with Crippen LogP contribution in [0.4, 0.5) is 0 Å². The molecule has 4 heteroatoms. The molecule has 0 aliphatic carbocycles. The van der Waals surface area contributed by atoms with Crippen molar-refractivity contribution in [3.8, 4) is 0 Å². The molecule has 0 saturated heterocycles. The van der Waals surface area contributed by atoms with E-state index in [-0.39, 0.29) is 43.3 Å². The fourth-order valence-electron chi connectivity index (χ4n) is 4.26. The van der Waals surface area contributed by atoms with Gasteiger partial charge in [-0.25, -0.2) is 24.3 Å². The molecular formula is C34H28BiFeP2. The summed E-state index contributed by atoms with van der Waals surface area (Å²) in [5, 5.41) is 8.51. The van der Waals surface area contributed by atoms with Crippen molar-refractivity contribution in [2.24, 2.45) is 0 Å².